The van der Waals surface area contributed by atoms with E-state index < -0.39 is 0 Å². The highest BCUT2D eigenvalue weighted by molar-refractivity contribution is 5.93. The minimum Gasteiger partial charge on any atom is -0.423 e. The van der Waals surface area contributed by atoms with Crippen LogP contribution in [0.25, 0.3) is 11.0 Å². The fraction of sp³-hybridized carbons (Fsp3) is 0.200. The molecule has 0 aliphatic rings. The first kappa shape index (κ1) is 16.0. The van der Waals surface area contributed by atoms with Crippen LogP contribution in [-0.2, 0) is 11.2 Å². The van der Waals surface area contributed by atoms with E-state index in [0.29, 0.717) is 24.1 Å². The quantitative estimate of drug-likeness (QED) is 0.739. The Kier molecular flexibility index (Phi) is 4.47. The summed E-state index contributed by atoms with van der Waals surface area (Å²) in [6, 6.07) is 15.0. The third-order valence-corrected chi connectivity index (χ3v) is 4.00. The van der Waals surface area contributed by atoms with Gasteiger partial charge in [0.25, 0.3) is 0 Å². The molecule has 1 heterocycles. The summed E-state index contributed by atoms with van der Waals surface area (Å²) in [4.78, 5) is 23.6. The molecule has 0 fully saturated rings. The number of carbonyl (C=O) groups excluding carboxylic acids is 1. The standard InChI is InChI=1S/C20H19NO3/c1-13-3-5-15(6-4-13)7-10-19(22)21-16-8-9-17-14(2)11-20(23)24-18(17)12-16/h3-6,8-9,11-12H,7,10H2,1-2H3,(H,21,22). The molecule has 0 saturated heterocycles. The summed E-state index contributed by atoms with van der Waals surface area (Å²) in [6.45, 7) is 3.90. The van der Waals surface area contributed by atoms with Crippen LogP contribution in [0.1, 0.15) is 23.1 Å². The second kappa shape index (κ2) is 6.71. The molecule has 0 aliphatic heterocycles. The van der Waals surface area contributed by atoms with Gasteiger partial charge in [-0.05, 0) is 43.5 Å². The summed E-state index contributed by atoms with van der Waals surface area (Å²) in [5, 5.41) is 3.72. The van der Waals surface area contributed by atoms with E-state index in [9.17, 15) is 9.59 Å². The second-order valence-electron chi connectivity index (χ2n) is 5.99. The number of aryl methyl sites for hydroxylation is 3. The Morgan fingerprint density at radius 3 is 2.54 bits per heavy atom. The van der Waals surface area contributed by atoms with Crippen molar-refractivity contribution in [1.29, 1.82) is 0 Å². The van der Waals surface area contributed by atoms with E-state index in [2.05, 4.69) is 5.32 Å². The molecule has 24 heavy (non-hydrogen) atoms. The molecule has 0 bridgehead atoms. The molecular weight excluding hydrogens is 302 g/mol. The first-order chi connectivity index (χ1) is 11.5. The van der Waals surface area contributed by atoms with Crippen molar-refractivity contribution in [3.8, 4) is 0 Å². The van der Waals surface area contributed by atoms with Gasteiger partial charge in [0.1, 0.15) is 5.58 Å². The van der Waals surface area contributed by atoms with Crippen LogP contribution in [0.15, 0.2) is 57.7 Å². The molecule has 3 aromatic rings. The van der Waals surface area contributed by atoms with Crippen LogP contribution in [0.2, 0.25) is 0 Å². The summed E-state index contributed by atoms with van der Waals surface area (Å²) in [5.74, 6) is -0.0649. The number of anilines is 1. The van der Waals surface area contributed by atoms with E-state index in [-0.39, 0.29) is 11.5 Å². The predicted octanol–water partition coefficient (Wildman–Crippen LogP) is 3.98. The minimum atomic E-state index is -0.386. The van der Waals surface area contributed by atoms with Gasteiger partial charge >= 0.3 is 5.63 Å². The molecule has 0 radical (unpaired) electrons. The van der Waals surface area contributed by atoms with Crippen molar-refractivity contribution in [2.45, 2.75) is 26.7 Å². The fourth-order valence-electron chi connectivity index (χ4n) is 2.64. The summed E-state index contributed by atoms with van der Waals surface area (Å²) < 4.78 is 5.20. The van der Waals surface area contributed by atoms with Crippen molar-refractivity contribution >= 4 is 22.6 Å². The van der Waals surface area contributed by atoms with Crippen molar-refractivity contribution < 1.29 is 9.21 Å². The monoisotopic (exact) mass is 321 g/mol. The lowest BCUT2D eigenvalue weighted by molar-refractivity contribution is -0.116. The smallest absolute Gasteiger partial charge is 0.336 e. The zero-order valence-electron chi connectivity index (χ0n) is 13.8. The molecule has 0 atom stereocenters. The normalized spacial score (nSPS) is 10.8. The maximum Gasteiger partial charge on any atom is 0.336 e. The van der Waals surface area contributed by atoms with Crippen LogP contribution in [0.3, 0.4) is 0 Å². The van der Waals surface area contributed by atoms with E-state index in [1.54, 1.807) is 6.07 Å². The highest BCUT2D eigenvalue weighted by atomic mass is 16.4. The van der Waals surface area contributed by atoms with Gasteiger partial charge in [0.2, 0.25) is 5.91 Å². The van der Waals surface area contributed by atoms with Crippen molar-refractivity contribution in [3.05, 3.63) is 75.6 Å². The van der Waals surface area contributed by atoms with Crippen molar-refractivity contribution in [2.75, 3.05) is 5.32 Å². The third kappa shape index (κ3) is 3.71. The number of hydrogen-bond acceptors (Lipinski definition) is 3. The molecule has 2 aromatic carbocycles. The Morgan fingerprint density at radius 2 is 1.79 bits per heavy atom. The average molecular weight is 321 g/mol. The highest BCUT2D eigenvalue weighted by Gasteiger charge is 2.07. The van der Waals surface area contributed by atoms with Gasteiger partial charge in [0, 0.05) is 29.6 Å². The number of rotatable bonds is 4. The Balaban J connectivity index is 1.69. The van der Waals surface area contributed by atoms with Gasteiger partial charge in [-0.25, -0.2) is 4.79 Å². The lowest BCUT2D eigenvalue weighted by Gasteiger charge is -2.07. The first-order valence-electron chi connectivity index (χ1n) is 7.91. The van der Waals surface area contributed by atoms with Crippen LogP contribution < -0.4 is 10.9 Å². The van der Waals surface area contributed by atoms with Gasteiger partial charge < -0.3 is 9.73 Å². The van der Waals surface area contributed by atoms with Crippen LogP contribution in [0.5, 0.6) is 0 Å². The Bertz CT molecular complexity index is 939. The molecule has 4 nitrogen and oxygen atoms in total. The van der Waals surface area contributed by atoms with Gasteiger partial charge in [-0.3, -0.25) is 4.79 Å². The zero-order valence-corrected chi connectivity index (χ0v) is 13.8. The maximum atomic E-state index is 12.1. The van der Waals surface area contributed by atoms with Crippen molar-refractivity contribution in [3.63, 3.8) is 0 Å². The Labute approximate surface area is 140 Å². The van der Waals surface area contributed by atoms with Crippen molar-refractivity contribution in [2.24, 2.45) is 0 Å². The predicted molar refractivity (Wildman–Crippen MR) is 95.4 cm³/mol. The topological polar surface area (TPSA) is 59.3 Å². The SMILES string of the molecule is Cc1ccc(CCC(=O)Nc2ccc3c(C)cc(=O)oc3c2)cc1. The van der Waals surface area contributed by atoms with Crippen LogP contribution >= 0.6 is 0 Å². The van der Waals surface area contributed by atoms with Gasteiger partial charge in [0.15, 0.2) is 0 Å². The zero-order chi connectivity index (χ0) is 17.1. The van der Waals surface area contributed by atoms with Crippen molar-refractivity contribution in [1.82, 2.24) is 0 Å². The van der Waals surface area contributed by atoms with E-state index >= 15 is 0 Å². The van der Waals surface area contributed by atoms with Gasteiger partial charge in [-0.2, -0.15) is 0 Å². The highest BCUT2D eigenvalue weighted by Crippen LogP contribution is 2.21. The molecular formula is C20H19NO3. The number of benzene rings is 2. The largest absolute Gasteiger partial charge is 0.423 e. The molecule has 1 aromatic heterocycles. The molecule has 1 N–H and O–H groups in total. The average Bonchev–Trinajstić information content (AvgIpc) is 2.54. The Hall–Kier alpha value is -2.88. The summed E-state index contributed by atoms with van der Waals surface area (Å²) in [6.07, 6.45) is 1.09. The van der Waals surface area contributed by atoms with Crippen LogP contribution in [0.4, 0.5) is 5.69 Å². The molecule has 0 aliphatic carbocycles. The summed E-state index contributed by atoms with van der Waals surface area (Å²) in [7, 11) is 0. The lowest BCUT2D eigenvalue weighted by atomic mass is 10.1. The Morgan fingerprint density at radius 1 is 1.04 bits per heavy atom. The maximum absolute atomic E-state index is 12.1. The molecule has 1 amide bonds. The van der Waals surface area contributed by atoms with E-state index in [1.165, 1.54) is 11.6 Å². The van der Waals surface area contributed by atoms with Gasteiger partial charge in [-0.15, -0.1) is 0 Å². The van der Waals surface area contributed by atoms with Gasteiger partial charge in [-0.1, -0.05) is 29.8 Å². The molecule has 0 unspecified atom stereocenters. The number of amides is 1. The molecule has 0 saturated carbocycles. The van der Waals surface area contributed by atoms with Gasteiger partial charge in [0.05, 0.1) is 0 Å². The summed E-state index contributed by atoms with van der Waals surface area (Å²) in [5.41, 5.74) is 3.93. The van der Waals surface area contributed by atoms with E-state index in [4.69, 9.17) is 4.42 Å². The summed E-state index contributed by atoms with van der Waals surface area (Å²) >= 11 is 0. The van der Waals surface area contributed by atoms with Crippen LogP contribution in [0, 0.1) is 13.8 Å². The van der Waals surface area contributed by atoms with E-state index in [1.807, 2.05) is 50.2 Å². The molecule has 4 heteroatoms. The second-order valence-corrected chi connectivity index (χ2v) is 5.99. The lowest BCUT2D eigenvalue weighted by Crippen LogP contribution is -2.12. The number of hydrogen-bond donors (Lipinski definition) is 1. The molecule has 122 valence electrons. The molecule has 0 spiro atoms. The third-order valence-electron chi connectivity index (χ3n) is 4.00. The minimum absolute atomic E-state index is 0.0649. The van der Waals surface area contributed by atoms with E-state index in [0.717, 1.165) is 16.5 Å². The number of carbonyl (C=O) groups is 1. The first-order valence-corrected chi connectivity index (χ1v) is 7.91. The number of fused-ring (bicyclic) bond motifs is 1. The number of nitrogens with one attached hydrogen (secondary N) is 1. The van der Waals surface area contributed by atoms with Crippen LogP contribution in [-0.4, -0.2) is 5.91 Å². The molecule has 3 rings (SSSR count). The fourth-order valence-corrected chi connectivity index (χ4v) is 2.64.